The molecule has 0 aromatic heterocycles. The van der Waals surface area contributed by atoms with Gasteiger partial charge in [-0.2, -0.15) is 0 Å². The fourth-order valence-corrected chi connectivity index (χ4v) is 7.01. The number of aliphatic hydroxyl groups excluding tert-OH is 5. The van der Waals surface area contributed by atoms with Crippen LogP contribution < -0.4 is 5.32 Å². The van der Waals surface area contributed by atoms with Crippen molar-refractivity contribution in [2.45, 2.75) is 230 Å². The fraction of sp³-hybridized carbons (Fsp3) is 0.809. The van der Waals surface area contributed by atoms with Gasteiger partial charge in [-0.3, -0.25) is 4.79 Å². The maximum Gasteiger partial charge on any atom is 0.220 e. The van der Waals surface area contributed by atoms with Crippen molar-refractivity contribution in [3.8, 4) is 0 Å². The van der Waals surface area contributed by atoms with Crippen LogP contribution in [-0.4, -0.2) is 87.5 Å². The molecular weight excluding hydrogens is 707 g/mol. The zero-order valence-electron chi connectivity index (χ0n) is 35.6. The Morgan fingerprint density at radius 3 is 1.61 bits per heavy atom. The Morgan fingerprint density at radius 2 is 1.09 bits per heavy atom. The average Bonchev–Trinajstić information content (AvgIpc) is 3.20. The molecule has 1 aliphatic rings. The van der Waals surface area contributed by atoms with Gasteiger partial charge in [-0.15, -0.1) is 0 Å². The van der Waals surface area contributed by atoms with Gasteiger partial charge in [0.05, 0.1) is 25.4 Å². The Labute approximate surface area is 342 Å². The van der Waals surface area contributed by atoms with Crippen LogP contribution in [0.25, 0.3) is 0 Å². The maximum absolute atomic E-state index is 12.9. The van der Waals surface area contributed by atoms with E-state index in [2.05, 4.69) is 42.6 Å². The van der Waals surface area contributed by atoms with Crippen LogP contribution in [0.5, 0.6) is 0 Å². The second kappa shape index (κ2) is 37.4. The second-order valence-corrected chi connectivity index (χ2v) is 15.8. The molecule has 1 fully saturated rings. The first-order valence-corrected chi connectivity index (χ1v) is 22.8. The summed E-state index contributed by atoms with van der Waals surface area (Å²) < 4.78 is 11.1. The van der Waals surface area contributed by atoms with E-state index in [1.54, 1.807) is 6.08 Å². The number of ether oxygens (including phenoxy) is 2. The van der Waals surface area contributed by atoms with E-state index in [-0.39, 0.29) is 12.5 Å². The van der Waals surface area contributed by atoms with Crippen LogP contribution in [0.3, 0.4) is 0 Å². The van der Waals surface area contributed by atoms with Gasteiger partial charge in [-0.05, 0) is 64.7 Å². The van der Waals surface area contributed by atoms with E-state index in [4.69, 9.17) is 9.47 Å². The molecule has 0 aromatic carbocycles. The van der Waals surface area contributed by atoms with Crippen molar-refractivity contribution in [3.05, 3.63) is 48.6 Å². The van der Waals surface area contributed by atoms with E-state index in [1.807, 2.05) is 19.1 Å². The molecule has 1 aliphatic heterocycles. The van der Waals surface area contributed by atoms with Crippen molar-refractivity contribution >= 4 is 5.91 Å². The highest BCUT2D eigenvalue weighted by atomic mass is 16.7. The molecule has 7 unspecified atom stereocenters. The molecule has 0 bridgehead atoms. The minimum absolute atomic E-state index is 0.198. The lowest BCUT2D eigenvalue weighted by Gasteiger charge is -2.40. The number of allylic oxidation sites excluding steroid dienone is 7. The molecule has 0 saturated carbocycles. The van der Waals surface area contributed by atoms with Gasteiger partial charge < -0.3 is 40.3 Å². The molecule has 0 aromatic rings. The smallest absolute Gasteiger partial charge is 0.220 e. The van der Waals surface area contributed by atoms with Crippen LogP contribution >= 0.6 is 0 Å². The number of aliphatic hydroxyl groups is 5. The van der Waals surface area contributed by atoms with E-state index in [1.165, 1.54) is 122 Å². The Balaban J connectivity index is 2.24. The van der Waals surface area contributed by atoms with E-state index >= 15 is 0 Å². The number of hydrogen-bond donors (Lipinski definition) is 6. The molecule has 56 heavy (non-hydrogen) atoms. The van der Waals surface area contributed by atoms with E-state index in [0.717, 1.165) is 44.9 Å². The standard InChI is InChI=1S/C47H85NO8/c1-3-5-7-9-11-13-14-15-16-17-18-19-20-21-22-23-24-25-26-27-29-31-33-35-37-43(51)48-40(41(50)36-34-32-30-28-12-10-8-6-4-2)39-55-47-46(54)45(53)44(52)42(38-49)56-47/h4,6,12,21-22,28,34,36,40-42,44-47,49-50,52-54H,3,5,7-11,13-20,23-27,29-33,35,37-39H2,1-2H3,(H,48,51)/b6-4+,22-21-,28-12+,36-34+. The molecule has 1 rings (SSSR count). The lowest BCUT2D eigenvalue weighted by atomic mass is 9.99. The maximum atomic E-state index is 12.9. The van der Waals surface area contributed by atoms with Crippen molar-refractivity contribution in [2.75, 3.05) is 13.2 Å². The van der Waals surface area contributed by atoms with Crippen LogP contribution in [0.1, 0.15) is 187 Å². The Morgan fingerprint density at radius 1 is 0.625 bits per heavy atom. The number of amides is 1. The lowest BCUT2D eigenvalue weighted by Crippen LogP contribution is -2.60. The molecule has 9 heteroatoms. The van der Waals surface area contributed by atoms with Crippen molar-refractivity contribution in [1.82, 2.24) is 5.32 Å². The summed E-state index contributed by atoms with van der Waals surface area (Å²) in [6.45, 7) is 3.51. The summed E-state index contributed by atoms with van der Waals surface area (Å²) in [5.74, 6) is -0.198. The van der Waals surface area contributed by atoms with E-state index in [0.29, 0.717) is 6.42 Å². The van der Waals surface area contributed by atoms with Crippen LogP contribution in [0.4, 0.5) is 0 Å². The molecule has 9 nitrogen and oxygen atoms in total. The van der Waals surface area contributed by atoms with Gasteiger partial charge in [0.2, 0.25) is 5.91 Å². The summed E-state index contributed by atoms with van der Waals surface area (Å²) in [5, 5.41) is 53.9. The normalized spacial score (nSPS) is 21.6. The fourth-order valence-electron chi connectivity index (χ4n) is 7.01. The summed E-state index contributed by atoms with van der Waals surface area (Å²) in [5.41, 5.74) is 0. The zero-order chi connectivity index (χ0) is 40.9. The van der Waals surface area contributed by atoms with Crippen LogP contribution in [0.2, 0.25) is 0 Å². The van der Waals surface area contributed by atoms with E-state index in [9.17, 15) is 30.3 Å². The molecule has 326 valence electrons. The monoisotopic (exact) mass is 792 g/mol. The third-order valence-corrected chi connectivity index (χ3v) is 10.7. The molecule has 0 spiro atoms. The summed E-state index contributed by atoms with van der Waals surface area (Å²) in [7, 11) is 0. The predicted octanol–water partition coefficient (Wildman–Crippen LogP) is 9.45. The van der Waals surface area contributed by atoms with Crippen molar-refractivity contribution < 1.29 is 39.8 Å². The topological polar surface area (TPSA) is 149 Å². The number of hydrogen-bond acceptors (Lipinski definition) is 8. The molecule has 1 heterocycles. The number of carbonyl (C=O) groups is 1. The van der Waals surface area contributed by atoms with E-state index < -0.39 is 49.5 Å². The van der Waals surface area contributed by atoms with Gasteiger partial charge >= 0.3 is 0 Å². The molecule has 1 saturated heterocycles. The molecule has 0 aliphatic carbocycles. The van der Waals surface area contributed by atoms with Gasteiger partial charge in [0.25, 0.3) is 0 Å². The average molecular weight is 792 g/mol. The Kier molecular flexibility index (Phi) is 34.9. The molecule has 1 amide bonds. The van der Waals surface area contributed by atoms with Gasteiger partial charge in [-0.1, -0.05) is 165 Å². The first-order valence-electron chi connectivity index (χ1n) is 22.8. The lowest BCUT2D eigenvalue weighted by molar-refractivity contribution is -0.302. The highest BCUT2D eigenvalue weighted by Gasteiger charge is 2.44. The van der Waals surface area contributed by atoms with Gasteiger partial charge in [0.15, 0.2) is 6.29 Å². The number of carbonyl (C=O) groups excluding carboxylic acids is 1. The van der Waals surface area contributed by atoms with Crippen LogP contribution in [-0.2, 0) is 14.3 Å². The first kappa shape index (κ1) is 52.2. The molecular formula is C47H85NO8. The summed E-state index contributed by atoms with van der Waals surface area (Å²) >= 11 is 0. The Hall–Kier alpha value is -1.85. The van der Waals surface area contributed by atoms with Crippen LogP contribution in [0.15, 0.2) is 48.6 Å². The molecule has 6 N–H and O–H groups in total. The summed E-state index contributed by atoms with van der Waals surface area (Å²) in [6, 6.07) is -0.827. The van der Waals surface area contributed by atoms with Crippen molar-refractivity contribution in [2.24, 2.45) is 0 Å². The Bertz CT molecular complexity index is 1010. The van der Waals surface area contributed by atoms with Crippen molar-refractivity contribution in [3.63, 3.8) is 0 Å². The minimum Gasteiger partial charge on any atom is -0.394 e. The molecule has 0 radical (unpaired) electrons. The number of unbranched alkanes of at least 4 members (excludes halogenated alkanes) is 22. The van der Waals surface area contributed by atoms with Crippen molar-refractivity contribution in [1.29, 1.82) is 0 Å². The largest absolute Gasteiger partial charge is 0.394 e. The molecule has 7 atom stereocenters. The predicted molar refractivity (Wildman–Crippen MR) is 230 cm³/mol. The summed E-state index contributed by atoms with van der Waals surface area (Å²) in [4.78, 5) is 12.9. The minimum atomic E-state index is -1.57. The highest BCUT2D eigenvalue weighted by molar-refractivity contribution is 5.76. The quantitative estimate of drug-likeness (QED) is 0.0269. The summed E-state index contributed by atoms with van der Waals surface area (Å²) in [6.07, 6.45) is 40.5. The zero-order valence-corrected chi connectivity index (χ0v) is 35.6. The SMILES string of the molecule is C/C=C/CC/C=C/CC/C=C/C(O)C(COC1OC(CO)C(O)C(O)C1O)NC(=O)CCCCCCCCCC/C=C\CCCCCCCCCCCCCC. The van der Waals surface area contributed by atoms with Gasteiger partial charge in [-0.25, -0.2) is 0 Å². The first-order chi connectivity index (χ1) is 27.3. The van der Waals surface area contributed by atoms with Gasteiger partial charge in [0.1, 0.15) is 24.4 Å². The van der Waals surface area contributed by atoms with Crippen LogP contribution in [0, 0.1) is 0 Å². The number of rotatable bonds is 37. The van der Waals surface area contributed by atoms with Gasteiger partial charge in [0, 0.05) is 6.42 Å². The third kappa shape index (κ3) is 27.7. The second-order valence-electron chi connectivity index (χ2n) is 15.8. The number of nitrogens with one attached hydrogen (secondary N) is 1. The highest BCUT2D eigenvalue weighted by Crippen LogP contribution is 2.22. The third-order valence-electron chi connectivity index (χ3n) is 10.7.